The molecule has 2 aliphatic carbocycles. The van der Waals surface area contributed by atoms with Crippen LogP contribution in [0, 0.1) is 45.8 Å². The van der Waals surface area contributed by atoms with Gasteiger partial charge in [-0.1, -0.05) is 75.2 Å². The van der Waals surface area contributed by atoms with E-state index in [1.165, 1.54) is 25.7 Å². The molecule has 0 aromatic rings. The van der Waals surface area contributed by atoms with Crippen molar-refractivity contribution in [2.45, 2.75) is 88.0 Å². The zero-order valence-corrected chi connectivity index (χ0v) is 16.2. The lowest BCUT2D eigenvalue weighted by Gasteiger charge is -2.62. The van der Waals surface area contributed by atoms with Crippen LogP contribution in [0.1, 0.15) is 88.0 Å². The molecule has 2 saturated carbocycles. The van der Waals surface area contributed by atoms with Gasteiger partial charge >= 0.3 is 0 Å². The van der Waals surface area contributed by atoms with Crippen LogP contribution in [0.5, 0.6) is 0 Å². The van der Waals surface area contributed by atoms with Crippen molar-refractivity contribution in [3.05, 3.63) is 0 Å². The zero-order chi connectivity index (χ0) is 16.2. The summed E-state index contributed by atoms with van der Waals surface area (Å²) in [5, 5.41) is 0. The zero-order valence-electron chi connectivity index (χ0n) is 16.2. The van der Waals surface area contributed by atoms with Crippen LogP contribution in [0.4, 0.5) is 0 Å². The summed E-state index contributed by atoms with van der Waals surface area (Å²) in [5.74, 6) is 4.52. The second-order valence-corrected chi connectivity index (χ2v) is 9.83. The van der Waals surface area contributed by atoms with E-state index in [9.17, 15) is 0 Å². The van der Waals surface area contributed by atoms with Crippen molar-refractivity contribution in [1.29, 1.82) is 0 Å². The van der Waals surface area contributed by atoms with Crippen molar-refractivity contribution >= 4 is 0 Å². The smallest absolute Gasteiger partial charge is 0.0235 e. The largest absolute Gasteiger partial charge is 0.0651 e. The van der Waals surface area contributed by atoms with Gasteiger partial charge in [-0.05, 0) is 58.7 Å². The van der Waals surface area contributed by atoms with Crippen molar-refractivity contribution in [2.24, 2.45) is 45.8 Å². The molecule has 0 heterocycles. The maximum atomic E-state index is 2.66. The summed E-state index contributed by atoms with van der Waals surface area (Å²) in [6, 6.07) is 0. The molecule has 21 heavy (non-hydrogen) atoms. The van der Waals surface area contributed by atoms with Gasteiger partial charge in [-0.15, -0.1) is 0 Å². The normalized spacial score (nSPS) is 51.0. The van der Waals surface area contributed by atoms with Gasteiger partial charge in [-0.3, -0.25) is 0 Å². The molecule has 0 spiro atoms. The van der Waals surface area contributed by atoms with Gasteiger partial charge in [0.2, 0.25) is 0 Å². The van der Waals surface area contributed by atoms with E-state index in [0.717, 1.165) is 29.6 Å². The molecule has 2 aliphatic rings. The van der Waals surface area contributed by atoms with E-state index < -0.39 is 0 Å². The Labute approximate surface area is 134 Å². The molecule has 0 radical (unpaired) electrons. The highest BCUT2D eigenvalue weighted by molar-refractivity contribution is 5.12. The van der Waals surface area contributed by atoms with Crippen molar-refractivity contribution < 1.29 is 0 Å². The van der Waals surface area contributed by atoms with Crippen LogP contribution in [0.25, 0.3) is 0 Å². The van der Waals surface area contributed by atoms with Crippen molar-refractivity contribution in [3.63, 3.8) is 0 Å². The Kier molecular flexibility index (Phi) is 4.36. The Bertz CT molecular complexity index is 381. The first-order valence-electron chi connectivity index (χ1n) is 9.55. The fourth-order valence-corrected chi connectivity index (χ4v) is 6.64. The maximum absolute atomic E-state index is 2.66. The minimum atomic E-state index is 0.500. The van der Waals surface area contributed by atoms with Gasteiger partial charge in [0.15, 0.2) is 0 Å². The molecule has 0 heteroatoms. The van der Waals surface area contributed by atoms with Crippen molar-refractivity contribution in [2.75, 3.05) is 0 Å². The van der Waals surface area contributed by atoms with Crippen LogP contribution in [0.3, 0.4) is 0 Å². The molecule has 2 fully saturated rings. The highest BCUT2D eigenvalue weighted by Gasteiger charge is 2.64. The summed E-state index contributed by atoms with van der Waals surface area (Å²) in [4.78, 5) is 0. The van der Waals surface area contributed by atoms with Crippen LogP contribution in [0.15, 0.2) is 0 Å². The van der Waals surface area contributed by atoms with E-state index in [-0.39, 0.29) is 0 Å². The second kappa shape index (κ2) is 5.27. The Morgan fingerprint density at radius 3 is 1.90 bits per heavy atom. The Morgan fingerprint density at radius 1 is 0.952 bits per heavy atom. The third kappa shape index (κ3) is 2.22. The Hall–Kier alpha value is 0. The second-order valence-electron chi connectivity index (χ2n) is 9.83. The standard InChI is InChI=1S/C21H40/c1-10-17-15(4)18(19(6,7)11-2)13-21(17,9)20(8)12-14(3)16(20)5/h14-18H,10-13H2,1-9H3. The van der Waals surface area contributed by atoms with E-state index >= 15 is 0 Å². The van der Waals surface area contributed by atoms with Crippen LogP contribution >= 0.6 is 0 Å². The first-order valence-corrected chi connectivity index (χ1v) is 9.55. The molecule has 0 aliphatic heterocycles. The van der Waals surface area contributed by atoms with Gasteiger partial charge in [-0.2, -0.15) is 0 Å². The minimum Gasteiger partial charge on any atom is -0.0651 e. The monoisotopic (exact) mass is 292 g/mol. The lowest BCUT2D eigenvalue weighted by molar-refractivity contribution is -0.133. The van der Waals surface area contributed by atoms with E-state index in [1.807, 2.05) is 0 Å². The molecule has 0 aromatic carbocycles. The van der Waals surface area contributed by atoms with Crippen molar-refractivity contribution in [3.8, 4) is 0 Å². The summed E-state index contributed by atoms with van der Waals surface area (Å²) in [6.45, 7) is 22.7. The molecular weight excluding hydrogens is 252 g/mol. The average Bonchev–Trinajstić information content (AvgIpc) is 2.71. The van der Waals surface area contributed by atoms with Gasteiger partial charge in [0.25, 0.3) is 0 Å². The van der Waals surface area contributed by atoms with Gasteiger partial charge in [0.1, 0.15) is 0 Å². The van der Waals surface area contributed by atoms with E-state index in [4.69, 9.17) is 0 Å². The van der Waals surface area contributed by atoms with Crippen LogP contribution < -0.4 is 0 Å². The fraction of sp³-hybridized carbons (Fsp3) is 1.00. The molecule has 0 saturated heterocycles. The molecule has 0 nitrogen and oxygen atoms in total. The predicted molar refractivity (Wildman–Crippen MR) is 94.3 cm³/mol. The molecule has 0 bridgehead atoms. The van der Waals surface area contributed by atoms with Crippen molar-refractivity contribution in [1.82, 2.24) is 0 Å². The highest BCUT2D eigenvalue weighted by Crippen LogP contribution is 2.71. The minimum absolute atomic E-state index is 0.500. The lowest BCUT2D eigenvalue weighted by atomic mass is 9.43. The summed E-state index contributed by atoms with van der Waals surface area (Å²) in [6.07, 6.45) is 5.59. The Morgan fingerprint density at radius 2 is 1.52 bits per heavy atom. The van der Waals surface area contributed by atoms with Gasteiger partial charge in [0.05, 0.1) is 0 Å². The molecule has 0 amide bonds. The van der Waals surface area contributed by atoms with Gasteiger partial charge < -0.3 is 0 Å². The van der Waals surface area contributed by atoms with Crippen LogP contribution in [-0.2, 0) is 0 Å². The Balaban J connectivity index is 2.35. The topological polar surface area (TPSA) is 0 Å². The molecule has 124 valence electrons. The van der Waals surface area contributed by atoms with E-state index in [1.54, 1.807) is 0 Å². The third-order valence-electron chi connectivity index (χ3n) is 9.00. The lowest BCUT2D eigenvalue weighted by Crippen LogP contribution is -2.55. The number of rotatable bonds is 4. The van der Waals surface area contributed by atoms with Crippen LogP contribution in [-0.4, -0.2) is 0 Å². The average molecular weight is 293 g/mol. The molecule has 2 rings (SSSR count). The molecule has 0 N–H and O–H groups in total. The molecule has 7 unspecified atom stereocenters. The summed E-state index contributed by atoms with van der Waals surface area (Å²) < 4.78 is 0. The fourth-order valence-electron chi connectivity index (χ4n) is 6.64. The highest BCUT2D eigenvalue weighted by atomic mass is 14.7. The summed E-state index contributed by atoms with van der Waals surface area (Å²) >= 11 is 0. The van der Waals surface area contributed by atoms with E-state index in [2.05, 4.69) is 62.3 Å². The molecule has 7 atom stereocenters. The summed E-state index contributed by atoms with van der Waals surface area (Å²) in [5.41, 5.74) is 1.61. The number of hydrogen-bond acceptors (Lipinski definition) is 0. The van der Waals surface area contributed by atoms with E-state index in [0.29, 0.717) is 16.2 Å². The first-order chi connectivity index (χ1) is 9.55. The van der Waals surface area contributed by atoms with Gasteiger partial charge in [0, 0.05) is 0 Å². The SMILES string of the molecule is CCC1C(C)C(C(C)(C)CC)CC1(C)C1(C)CC(C)C1C. The maximum Gasteiger partial charge on any atom is -0.0235 e. The number of hydrogen-bond donors (Lipinski definition) is 0. The molecule has 0 aromatic heterocycles. The van der Waals surface area contributed by atoms with Gasteiger partial charge in [-0.25, -0.2) is 0 Å². The summed E-state index contributed by atoms with van der Waals surface area (Å²) in [7, 11) is 0. The predicted octanol–water partition coefficient (Wildman–Crippen LogP) is 6.79. The molecular formula is C21H40. The quantitative estimate of drug-likeness (QED) is 0.535. The third-order valence-corrected chi connectivity index (χ3v) is 9.00. The van der Waals surface area contributed by atoms with Crippen LogP contribution in [0.2, 0.25) is 0 Å². The first kappa shape index (κ1) is 17.4.